The van der Waals surface area contributed by atoms with Gasteiger partial charge in [0.25, 0.3) is 11.5 Å². The van der Waals surface area contributed by atoms with E-state index in [1.165, 1.54) is 0 Å². The number of nitriles is 1. The molecule has 2 aromatic rings. The first kappa shape index (κ1) is 22.1. The minimum atomic E-state index is -0.541. The number of carbonyl (C=O) groups excluding carboxylic acids is 1. The van der Waals surface area contributed by atoms with E-state index >= 15 is 0 Å². The number of pyridine rings is 1. The summed E-state index contributed by atoms with van der Waals surface area (Å²) in [6.45, 7) is 6.54. The molecule has 1 aromatic carbocycles. The molecule has 9 heteroatoms. The number of nitrogens with one attached hydrogen (secondary N) is 2. The van der Waals surface area contributed by atoms with Gasteiger partial charge in [-0.1, -0.05) is 12.1 Å². The highest BCUT2D eigenvalue weighted by Gasteiger charge is 2.15. The smallest absolute Gasteiger partial charge is 0.287 e. The topological polar surface area (TPSA) is 105 Å². The molecule has 29 heavy (non-hydrogen) atoms. The molecule has 1 amide bonds. The van der Waals surface area contributed by atoms with E-state index in [0.29, 0.717) is 42.4 Å². The Balaban J connectivity index is 2.12. The van der Waals surface area contributed by atoms with Gasteiger partial charge in [0.2, 0.25) is 0 Å². The fourth-order valence-corrected chi connectivity index (χ4v) is 2.78. The van der Waals surface area contributed by atoms with Crippen LogP contribution in [0.5, 0.6) is 5.75 Å². The second-order valence-electron chi connectivity index (χ2n) is 6.03. The molecule has 0 aliphatic rings. The average Bonchev–Trinajstić information content (AvgIpc) is 2.69. The van der Waals surface area contributed by atoms with E-state index in [-0.39, 0.29) is 10.7 Å². The molecular formula is C20H22N4O4S. The zero-order valence-electron chi connectivity index (χ0n) is 16.4. The number of nitrogens with zero attached hydrogens (tertiary/aromatic N) is 2. The number of thiocarbonyl (C=S) groups is 1. The van der Waals surface area contributed by atoms with Crippen molar-refractivity contribution < 1.29 is 14.3 Å². The van der Waals surface area contributed by atoms with Crippen molar-refractivity contribution in [2.45, 2.75) is 20.8 Å². The molecule has 0 atom stereocenters. The molecular weight excluding hydrogens is 392 g/mol. The van der Waals surface area contributed by atoms with Crippen molar-refractivity contribution in [2.75, 3.05) is 25.2 Å². The van der Waals surface area contributed by atoms with Crippen LogP contribution in [0, 0.1) is 25.2 Å². The fraction of sp³-hybridized carbons (Fsp3) is 0.300. The number of para-hydroxylation sites is 1. The first-order valence-electron chi connectivity index (χ1n) is 8.94. The summed E-state index contributed by atoms with van der Waals surface area (Å²) in [5.74, 6) is -0.101. The summed E-state index contributed by atoms with van der Waals surface area (Å²) >= 11 is 5.16. The summed E-state index contributed by atoms with van der Waals surface area (Å²) in [5.41, 5.74) is 3.52. The van der Waals surface area contributed by atoms with E-state index in [4.69, 9.17) is 27.0 Å². The molecule has 0 spiro atoms. The van der Waals surface area contributed by atoms with Gasteiger partial charge in [-0.3, -0.25) is 20.3 Å². The van der Waals surface area contributed by atoms with E-state index in [2.05, 4.69) is 10.7 Å². The molecule has 1 heterocycles. The Morgan fingerprint density at radius 1 is 1.28 bits per heavy atom. The lowest BCUT2D eigenvalue weighted by molar-refractivity contribution is 0.0958. The van der Waals surface area contributed by atoms with Gasteiger partial charge < -0.3 is 9.47 Å². The third kappa shape index (κ3) is 5.63. The van der Waals surface area contributed by atoms with Gasteiger partial charge in [-0.15, -0.1) is 0 Å². The van der Waals surface area contributed by atoms with E-state index < -0.39 is 11.5 Å². The Bertz CT molecular complexity index is 1010. The van der Waals surface area contributed by atoms with Crippen LogP contribution in [0.1, 0.15) is 34.1 Å². The second kappa shape index (κ2) is 10.4. The standard InChI is InChI=1S/C20H22N4O4S/c1-4-27-9-10-28-17-8-6-5-7-15(17)18(25)22-20(29)23-24-14(3)11-13(2)16(12-21)19(24)26/h5-8,11H,4,9-10H2,1-3H3,(H2,22,23,25,29). The van der Waals surface area contributed by atoms with Crippen molar-refractivity contribution in [3.05, 3.63) is 63.1 Å². The van der Waals surface area contributed by atoms with Gasteiger partial charge in [-0.25, -0.2) is 4.68 Å². The molecule has 0 radical (unpaired) electrons. The maximum Gasteiger partial charge on any atom is 0.287 e. The number of hydrogen-bond acceptors (Lipinski definition) is 6. The van der Waals surface area contributed by atoms with E-state index in [1.54, 1.807) is 44.2 Å². The highest BCUT2D eigenvalue weighted by Crippen LogP contribution is 2.17. The molecule has 0 bridgehead atoms. The number of carbonyl (C=O) groups is 1. The van der Waals surface area contributed by atoms with E-state index in [1.807, 2.05) is 13.0 Å². The van der Waals surface area contributed by atoms with Crippen molar-refractivity contribution in [3.8, 4) is 11.8 Å². The van der Waals surface area contributed by atoms with Crippen LogP contribution in [0.15, 0.2) is 35.1 Å². The molecule has 1 aromatic heterocycles. The third-order valence-electron chi connectivity index (χ3n) is 3.96. The molecule has 0 aliphatic carbocycles. The Morgan fingerprint density at radius 3 is 2.69 bits per heavy atom. The minimum Gasteiger partial charge on any atom is -0.490 e. The monoisotopic (exact) mass is 414 g/mol. The summed E-state index contributed by atoms with van der Waals surface area (Å²) in [4.78, 5) is 25.0. The van der Waals surface area contributed by atoms with Crippen molar-refractivity contribution in [3.63, 3.8) is 0 Å². The summed E-state index contributed by atoms with van der Waals surface area (Å²) < 4.78 is 11.9. The van der Waals surface area contributed by atoms with Gasteiger partial charge in [-0.05, 0) is 56.8 Å². The molecule has 2 N–H and O–H groups in total. The molecule has 0 saturated carbocycles. The lowest BCUT2D eigenvalue weighted by Gasteiger charge is -2.16. The third-order valence-corrected chi connectivity index (χ3v) is 4.16. The first-order chi connectivity index (χ1) is 13.9. The van der Waals surface area contributed by atoms with Gasteiger partial charge in [0.1, 0.15) is 24.0 Å². The number of hydrogen-bond donors (Lipinski definition) is 2. The Labute approximate surface area is 174 Å². The normalized spacial score (nSPS) is 10.1. The van der Waals surface area contributed by atoms with Gasteiger partial charge in [0.15, 0.2) is 5.11 Å². The van der Waals surface area contributed by atoms with Crippen LogP contribution in [0.4, 0.5) is 0 Å². The quantitative estimate of drug-likeness (QED) is 0.527. The zero-order chi connectivity index (χ0) is 21.4. The van der Waals surface area contributed by atoms with E-state index in [9.17, 15) is 9.59 Å². The predicted molar refractivity (Wildman–Crippen MR) is 113 cm³/mol. The Kier molecular flexibility index (Phi) is 7.88. The fourth-order valence-electron chi connectivity index (χ4n) is 2.60. The minimum absolute atomic E-state index is 0.00488. The molecule has 0 unspecified atom stereocenters. The van der Waals surface area contributed by atoms with Crippen molar-refractivity contribution in [1.82, 2.24) is 9.99 Å². The lowest BCUT2D eigenvalue weighted by atomic mass is 10.1. The van der Waals surface area contributed by atoms with Crippen LogP contribution in [0.25, 0.3) is 0 Å². The van der Waals surface area contributed by atoms with E-state index in [0.717, 1.165) is 4.68 Å². The Hall–Kier alpha value is -3.22. The van der Waals surface area contributed by atoms with Crippen molar-refractivity contribution >= 4 is 23.2 Å². The van der Waals surface area contributed by atoms with Crippen LogP contribution in [0.3, 0.4) is 0 Å². The SMILES string of the molecule is CCOCCOc1ccccc1C(=O)NC(=S)Nn1c(C)cc(C)c(C#N)c1=O. The molecule has 8 nitrogen and oxygen atoms in total. The maximum absolute atomic E-state index is 12.6. The molecule has 0 saturated heterocycles. The van der Waals surface area contributed by atoms with Crippen LogP contribution in [-0.4, -0.2) is 35.5 Å². The predicted octanol–water partition coefficient (Wildman–Crippen LogP) is 2.01. The highest BCUT2D eigenvalue weighted by atomic mass is 32.1. The largest absolute Gasteiger partial charge is 0.490 e. The number of aryl methyl sites for hydroxylation is 2. The average molecular weight is 414 g/mol. The number of benzene rings is 1. The number of aromatic nitrogens is 1. The summed E-state index contributed by atoms with van der Waals surface area (Å²) in [5, 5.41) is 11.6. The summed E-state index contributed by atoms with van der Waals surface area (Å²) in [6, 6.07) is 10.3. The molecule has 152 valence electrons. The van der Waals surface area contributed by atoms with Gasteiger partial charge in [0, 0.05) is 12.3 Å². The number of rotatable bonds is 7. The van der Waals surface area contributed by atoms with Crippen molar-refractivity contribution in [1.29, 1.82) is 5.26 Å². The molecule has 2 rings (SSSR count). The van der Waals surface area contributed by atoms with Crippen molar-refractivity contribution in [2.24, 2.45) is 0 Å². The van der Waals surface area contributed by atoms with Crippen LogP contribution in [-0.2, 0) is 4.74 Å². The zero-order valence-corrected chi connectivity index (χ0v) is 17.3. The highest BCUT2D eigenvalue weighted by molar-refractivity contribution is 7.80. The lowest BCUT2D eigenvalue weighted by Crippen LogP contribution is -2.43. The van der Waals surface area contributed by atoms with Crippen LogP contribution < -0.4 is 21.0 Å². The van der Waals surface area contributed by atoms with Gasteiger partial charge >= 0.3 is 0 Å². The maximum atomic E-state index is 12.6. The first-order valence-corrected chi connectivity index (χ1v) is 9.35. The van der Waals surface area contributed by atoms with Crippen LogP contribution >= 0.6 is 12.2 Å². The Morgan fingerprint density at radius 2 is 2.00 bits per heavy atom. The summed E-state index contributed by atoms with van der Waals surface area (Å²) in [7, 11) is 0. The molecule has 0 fully saturated rings. The van der Waals surface area contributed by atoms with Crippen LogP contribution in [0.2, 0.25) is 0 Å². The van der Waals surface area contributed by atoms with Gasteiger partial charge in [0.05, 0.1) is 12.2 Å². The number of amides is 1. The second-order valence-corrected chi connectivity index (χ2v) is 6.44. The molecule has 0 aliphatic heterocycles. The van der Waals surface area contributed by atoms with Gasteiger partial charge in [-0.2, -0.15) is 5.26 Å². The number of ether oxygens (including phenoxy) is 2. The summed E-state index contributed by atoms with van der Waals surface area (Å²) in [6.07, 6.45) is 0.